The fraction of sp³-hybridized carbons (Fsp3) is 0.571. The standard InChI is InChI=1S/C14H21NO/c1-11(9-12-5-4-8-15-10-12)13-6-2-3-7-14(13)16/h2-3,6-7,11-12,15-16H,4-5,8-10H2,1H3. The summed E-state index contributed by atoms with van der Waals surface area (Å²) in [7, 11) is 0. The Hall–Kier alpha value is -1.02. The molecule has 2 rings (SSSR count). The lowest BCUT2D eigenvalue weighted by Crippen LogP contribution is -2.30. The summed E-state index contributed by atoms with van der Waals surface area (Å²) in [5.74, 6) is 1.66. The third-order valence-electron chi connectivity index (χ3n) is 3.55. The Morgan fingerprint density at radius 1 is 1.44 bits per heavy atom. The van der Waals surface area contributed by atoms with Gasteiger partial charge in [-0.2, -0.15) is 0 Å². The highest BCUT2D eigenvalue weighted by atomic mass is 16.3. The number of nitrogens with one attached hydrogen (secondary N) is 1. The zero-order chi connectivity index (χ0) is 11.4. The van der Waals surface area contributed by atoms with Gasteiger partial charge in [-0.15, -0.1) is 0 Å². The molecule has 0 aromatic heterocycles. The van der Waals surface area contributed by atoms with E-state index >= 15 is 0 Å². The first-order chi connectivity index (χ1) is 7.77. The van der Waals surface area contributed by atoms with Crippen LogP contribution in [-0.4, -0.2) is 18.2 Å². The molecule has 1 aliphatic rings. The number of para-hydroxylation sites is 1. The van der Waals surface area contributed by atoms with Crippen LogP contribution in [0.25, 0.3) is 0 Å². The van der Waals surface area contributed by atoms with Crippen molar-refractivity contribution in [3.05, 3.63) is 29.8 Å². The van der Waals surface area contributed by atoms with Gasteiger partial charge in [0.15, 0.2) is 0 Å². The number of phenols is 1. The van der Waals surface area contributed by atoms with Gasteiger partial charge in [-0.1, -0.05) is 25.1 Å². The Morgan fingerprint density at radius 2 is 2.25 bits per heavy atom. The molecule has 88 valence electrons. The highest BCUT2D eigenvalue weighted by Gasteiger charge is 2.18. The molecular formula is C14H21NO. The van der Waals surface area contributed by atoms with Crippen molar-refractivity contribution in [2.24, 2.45) is 5.92 Å². The number of hydrogen-bond donors (Lipinski definition) is 2. The van der Waals surface area contributed by atoms with Gasteiger partial charge in [-0.05, 0) is 55.8 Å². The number of rotatable bonds is 3. The monoisotopic (exact) mass is 219 g/mol. The Morgan fingerprint density at radius 3 is 2.94 bits per heavy atom. The number of benzene rings is 1. The molecule has 0 saturated carbocycles. The van der Waals surface area contributed by atoms with Crippen molar-refractivity contribution in [3.8, 4) is 5.75 Å². The predicted octanol–water partition coefficient (Wildman–Crippen LogP) is 2.89. The predicted molar refractivity (Wildman–Crippen MR) is 66.7 cm³/mol. The zero-order valence-electron chi connectivity index (χ0n) is 9.95. The van der Waals surface area contributed by atoms with Crippen LogP contribution in [-0.2, 0) is 0 Å². The second-order valence-electron chi connectivity index (χ2n) is 4.91. The van der Waals surface area contributed by atoms with Crippen LogP contribution in [0.2, 0.25) is 0 Å². The molecular weight excluding hydrogens is 198 g/mol. The van der Waals surface area contributed by atoms with Crippen molar-refractivity contribution < 1.29 is 5.11 Å². The average molecular weight is 219 g/mol. The molecule has 2 heteroatoms. The molecule has 2 N–H and O–H groups in total. The molecule has 2 unspecified atom stereocenters. The van der Waals surface area contributed by atoms with Crippen LogP contribution in [0.4, 0.5) is 0 Å². The van der Waals surface area contributed by atoms with Gasteiger partial charge in [-0.3, -0.25) is 0 Å². The molecule has 16 heavy (non-hydrogen) atoms. The third-order valence-corrected chi connectivity index (χ3v) is 3.55. The zero-order valence-corrected chi connectivity index (χ0v) is 9.95. The summed E-state index contributed by atoms with van der Waals surface area (Å²) in [6.07, 6.45) is 3.79. The Labute approximate surface area is 97.7 Å². The summed E-state index contributed by atoms with van der Waals surface area (Å²) in [6, 6.07) is 7.71. The van der Waals surface area contributed by atoms with E-state index in [2.05, 4.69) is 12.2 Å². The molecule has 0 spiro atoms. The smallest absolute Gasteiger partial charge is 0.119 e. The van der Waals surface area contributed by atoms with Crippen molar-refractivity contribution >= 4 is 0 Å². The van der Waals surface area contributed by atoms with Gasteiger partial charge in [0.2, 0.25) is 0 Å². The van der Waals surface area contributed by atoms with Crippen LogP contribution in [0.3, 0.4) is 0 Å². The molecule has 1 aliphatic heterocycles. The fourth-order valence-electron chi connectivity index (χ4n) is 2.66. The molecule has 0 radical (unpaired) electrons. The van der Waals surface area contributed by atoms with E-state index in [0.29, 0.717) is 11.7 Å². The fourth-order valence-corrected chi connectivity index (χ4v) is 2.66. The summed E-state index contributed by atoms with van der Waals surface area (Å²) in [5.41, 5.74) is 1.09. The Balaban J connectivity index is 1.96. The van der Waals surface area contributed by atoms with Gasteiger partial charge in [0.05, 0.1) is 0 Å². The first-order valence-corrected chi connectivity index (χ1v) is 6.26. The number of aromatic hydroxyl groups is 1. The highest BCUT2D eigenvalue weighted by Crippen LogP contribution is 2.31. The first kappa shape index (κ1) is 11.5. The molecule has 0 amide bonds. The van der Waals surface area contributed by atoms with Gasteiger partial charge in [0.1, 0.15) is 5.75 Å². The molecule has 1 saturated heterocycles. The second kappa shape index (κ2) is 5.35. The maximum atomic E-state index is 9.79. The number of piperidine rings is 1. The molecule has 2 nitrogen and oxygen atoms in total. The van der Waals surface area contributed by atoms with Gasteiger partial charge in [0, 0.05) is 0 Å². The summed E-state index contributed by atoms with van der Waals surface area (Å²) in [4.78, 5) is 0. The van der Waals surface area contributed by atoms with Crippen molar-refractivity contribution in [3.63, 3.8) is 0 Å². The largest absolute Gasteiger partial charge is 0.508 e. The van der Waals surface area contributed by atoms with Crippen molar-refractivity contribution in [1.82, 2.24) is 5.32 Å². The van der Waals surface area contributed by atoms with Crippen LogP contribution in [0.15, 0.2) is 24.3 Å². The van der Waals surface area contributed by atoms with Crippen LogP contribution in [0.1, 0.15) is 37.7 Å². The van der Waals surface area contributed by atoms with Crippen molar-refractivity contribution in [2.75, 3.05) is 13.1 Å². The van der Waals surface area contributed by atoms with Crippen LogP contribution in [0, 0.1) is 5.92 Å². The minimum atomic E-state index is 0.443. The maximum absolute atomic E-state index is 9.79. The first-order valence-electron chi connectivity index (χ1n) is 6.26. The molecule has 2 atom stereocenters. The van der Waals surface area contributed by atoms with Gasteiger partial charge in [-0.25, -0.2) is 0 Å². The summed E-state index contributed by atoms with van der Waals surface area (Å²) < 4.78 is 0. The van der Waals surface area contributed by atoms with Crippen molar-refractivity contribution in [1.29, 1.82) is 0 Å². The molecule has 1 fully saturated rings. The number of phenolic OH excluding ortho intramolecular Hbond substituents is 1. The Kier molecular flexibility index (Phi) is 3.83. The van der Waals surface area contributed by atoms with E-state index in [-0.39, 0.29) is 0 Å². The molecule has 1 heterocycles. The van der Waals surface area contributed by atoms with Gasteiger partial charge < -0.3 is 10.4 Å². The van der Waals surface area contributed by atoms with Gasteiger partial charge >= 0.3 is 0 Å². The van der Waals surface area contributed by atoms with Crippen molar-refractivity contribution in [2.45, 2.75) is 32.1 Å². The normalized spacial score (nSPS) is 22.9. The molecule has 0 aliphatic carbocycles. The van der Waals surface area contributed by atoms with Crippen LogP contribution < -0.4 is 5.32 Å². The third kappa shape index (κ3) is 2.76. The molecule has 0 bridgehead atoms. The van der Waals surface area contributed by atoms with E-state index in [4.69, 9.17) is 0 Å². The lowest BCUT2D eigenvalue weighted by molar-refractivity contribution is 0.337. The Bertz CT molecular complexity index is 331. The quantitative estimate of drug-likeness (QED) is 0.819. The summed E-state index contributed by atoms with van der Waals surface area (Å²) in [5, 5.41) is 13.2. The van der Waals surface area contributed by atoms with E-state index in [1.165, 1.54) is 25.8 Å². The van der Waals surface area contributed by atoms with E-state index in [0.717, 1.165) is 18.0 Å². The summed E-state index contributed by atoms with van der Waals surface area (Å²) >= 11 is 0. The van der Waals surface area contributed by atoms with E-state index < -0.39 is 0 Å². The summed E-state index contributed by atoms with van der Waals surface area (Å²) in [6.45, 7) is 4.52. The lowest BCUT2D eigenvalue weighted by atomic mass is 9.86. The van der Waals surface area contributed by atoms with Crippen LogP contribution >= 0.6 is 0 Å². The molecule has 1 aromatic rings. The van der Waals surface area contributed by atoms with Gasteiger partial charge in [0.25, 0.3) is 0 Å². The SMILES string of the molecule is CC(CC1CCCNC1)c1ccccc1O. The second-order valence-corrected chi connectivity index (χ2v) is 4.91. The van der Waals surface area contributed by atoms with E-state index in [9.17, 15) is 5.11 Å². The lowest BCUT2D eigenvalue weighted by Gasteiger charge is -2.25. The van der Waals surface area contributed by atoms with Crippen LogP contribution in [0.5, 0.6) is 5.75 Å². The minimum absolute atomic E-state index is 0.443. The maximum Gasteiger partial charge on any atom is 0.119 e. The molecule has 1 aromatic carbocycles. The number of hydrogen-bond acceptors (Lipinski definition) is 2. The van der Waals surface area contributed by atoms with E-state index in [1.807, 2.05) is 18.2 Å². The highest BCUT2D eigenvalue weighted by molar-refractivity contribution is 5.34. The minimum Gasteiger partial charge on any atom is -0.508 e. The van der Waals surface area contributed by atoms with E-state index in [1.54, 1.807) is 6.07 Å². The topological polar surface area (TPSA) is 32.3 Å². The average Bonchev–Trinajstić information content (AvgIpc) is 2.31.